The van der Waals surface area contributed by atoms with Crippen LogP contribution in [0.2, 0.25) is 0 Å². The lowest BCUT2D eigenvalue weighted by Gasteiger charge is -2.12. The first kappa shape index (κ1) is 17.2. The Morgan fingerprint density at radius 1 is 0.875 bits per heavy atom. The molecule has 0 aliphatic carbocycles. The molecule has 2 rings (SSSR count). The number of sulfone groups is 1. The zero-order valence-electron chi connectivity index (χ0n) is 15.9. The second-order valence-electron chi connectivity index (χ2n) is 6.36. The van der Waals surface area contributed by atoms with Crippen LogP contribution in [0.1, 0.15) is 57.6 Å². The van der Waals surface area contributed by atoms with Gasteiger partial charge in [-0.2, -0.15) is 0 Å². The van der Waals surface area contributed by atoms with Gasteiger partial charge in [-0.1, -0.05) is 50.4 Å². The second kappa shape index (κ2) is 8.48. The predicted octanol–water partition coefficient (Wildman–Crippen LogP) is 5.51. The van der Waals surface area contributed by atoms with E-state index in [9.17, 15) is 8.42 Å². The summed E-state index contributed by atoms with van der Waals surface area (Å²) >= 11 is 0. The Labute approximate surface area is 148 Å². The van der Waals surface area contributed by atoms with Crippen molar-refractivity contribution in [1.82, 2.24) is 0 Å². The normalized spacial score (nSPS) is 12.2. The van der Waals surface area contributed by atoms with Crippen LogP contribution in [-0.2, 0) is 22.7 Å². The molecule has 0 saturated heterocycles. The van der Waals surface area contributed by atoms with Gasteiger partial charge < -0.3 is 0 Å². The molecule has 0 amide bonds. The molecule has 0 fully saturated rings. The zero-order valence-corrected chi connectivity index (χ0v) is 15.7. The third-order valence-electron chi connectivity index (χ3n) is 4.31. The smallest absolute Gasteiger partial charge is 0.206 e. The maximum Gasteiger partial charge on any atom is 0.206 e. The fraction of sp³-hybridized carbons (Fsp3) is 0.429. The zero-order chi connectivity index (χ0) is 18.4. The van der Waals surface area contributed by atoms with E-state index in [0.29, 0.717) is 10.9 Å². The summed E-state index contributed by atoms with van der Waals surface area (Å²) in [4.78, 5) is 0.535. The van der Waals surface area contributed by atoms with Crippen LogP contribution in [-0.4, -0.2) is 8.42 Å². The minimum Gasteiger partial charge on any atom is -0.219 e. The van der Waals surface area contributed by atoms with Crippen molar-refractivity contribution in [3.05, 3.63) is 59.1 Å². The van der Waals surface area contributed by atoms with Crippen LogP contribution >= 0.6 is 0 Å². The number of hydrogen-bond donors (Lipinski definition) is 0. The van der Waals surface area contributed by atoms with Crippen LogP contribution in [0.4, 0.5) is 0 Å². The van der Waals surface area contributed by atoms with Gasteiger partial charge in [0.2, 0.25) is 9.84 Å². The van der Waals surface area contributed by atoms with Crippen LogP contribution in [0.5, 0.6) is 0 Å². The molecule has 0 aliphatic heterocycles. The van der Waals surface area contributed by atoms with Crippen molar-refractivity contribution in [2.24, 2.45) is 0 Å². The Bertz CT molecular complexity index is 809. The number of benzene rings is 2. The van der Waals surface area contributed by atoms with Crippen LogP contribution in [0.25, 0.3) is 0 Å². The molecular formula is C21H28O2S. The Balaban J connectivity index is 2.50. The minimum atomic E-state index is -3.58. The van der Waals surface area contributed by atoms with Crippen molar-refractivity contribution >= 4 is 9.84 Å². The van der Waals surface area contributed by atoms with Gasteiger partial charge >= 0.3 is 0 Å². The average molecular weight is 346 g/mol. The predicted molar refractivity (Wildman–Crippen MR) is 100 cm³/mol. The molecule has 0 saturated carbocycles. The molecule has 0 heterocycles. The van der Waals surface area contributed by atoms with E-state index in [4.69, 9.17) is 1.37 Å². The highest BCUT2D eigenvalue weighted by Gasteiger charge is 2.18. The Hall–Kier alpha value is -1.61. The SMILES string of the molecule is [2H]c1cc(S(=O)(=O)c2ccc(C)cc2)cc(CCCC)c1CCCC. The van der Waals surface area contributed by atoms with E-state index in [1.54, 1.807) is 18.2 Å². The van der Waals surface area contributed by atoms with Crippen molar-refractivity contribution in [1.29, 1.82) is 0 Å². The molecule has 0 aromatic heterocycles. The van der Waals surface area contributed by atoms with Gasteiger partial charge in [0.05, 0.1) is 11.2 Å². The van der Waals surface area contributed by atoms with Crippen LogP contribution in [0.3, 0.4) is 0 Å². The molecule has 24 heavy (non-hydrogen) atoms. The summed E-state index contributed by atoms with van der Waals surface area (Å²) in [7, 11) is -3.58. The number of rotatable bonds is 8. The first-order valence-corrected chi connectivity index (χ1v) is 10.3. The molecule has 0 unspecified atom stereocenters. The summed E-state index contributed by atoms with van der Waals surface area (Å²) in [5.41, 5.74) is 3.06. The van der Waals surface area contributed by atoms with Crippen LogP contribution in [0, 0.1) is 6.92 Å². The molecule has 0 aliphatic rings. The Kier molecular flexibility index (Phi) is 6.08. The van der Waals surface area contributed by atoms with Gasteiger partial charge in [0.15, 0.2) is 0 Å². The van der Waals surface area contributed by atoms with Gasteiger partial charge in [0.1, 0.15) is 0 Å². The quantitative estimate of drug-likeness (QED) is 0.632. The molecule has 2 nitrogen and oxygen atoms in total. The van der Waals surface area contributed by atoms with Crippen molar-refractivity contribution < 1.29 is 9.79 Å². The van der Waals surface area contributed by atoms with Crippen LogP contribution < -0.4 is 0 Å². The Morgan fingerprint density at radius 2 is 1.46 bits per heavy atom. The summed E-state index contributed by atoms with van der Waals surface area (Å²) < 4.78 is 34.3. The lowest BCUT2D eigenvalue weighted by molar-refractivity contribution is 0.595. The molecule has 3 heteroatoms. The maximum atomic E-state index is 13.0. The molecule has 130 valence electrons. The van der Waals surface area contributed by atoms with Crippen molar-refractivity contribution in [3.8, 4) is 0 Å². The average Bonchev–Trinajstić information content (AvgIpc) is 2.59. The minimum absolute atomic E-state index is 0.243. The van der Waals surface area contributed by atoms with E-state index < -0.39 is 9.84 Å². The fourth-order valence-corrected chi connectivity index (χ4v) is 4.01. The number of hydrogen-bond acceptors (Lipinski definition) is 2. The third-order valence-corrected chi connectivity index (χ3v) is 6.06. The van der Waals surface area contributed by atoms with Gasteiger partial charge in [-0.15, -0.1) is 0 Å². The topological polar surface area (TPSA) is 34.1 Å². The van der Waals surface area contributed by atoms with Gasteiger partial charge in [0.25, 0.3) is 0 Å². The number of unbranched alkanes of at least 4 members (excludes halogenated alkanes) is 2. The lowest BCUT2D eigenvalue weighted by Crippen LogP contribution is -2.05. The molecule has 0 spiro atoms. The summed E-state index contributed by atoms with van der Waals surface area (Å²) in [6.07, 6.45) is 5.82. The van der Waals surface area contributed by atoms with Gasteiger partial charge in [-0.25, -0.2) is 8.42 Å². The van der Waals surface area contributed by atoms with E-state index >= 15 is 0 Å². The molecule has 0 radical (unpaired) electrons. The fourth-order valence-electron chi connectivity index (χ4n) is 2.74. The van der Waals surface area contributed by atoms with Crippen molar-refractivity contribution in [2.45, 2.75) is 69.1 Å². The van der Waals surface area contributed by atoms with Crippen molar-refractivity contribution in [3.63, 3.8) is 0 Å². The standard InChI is InChI=1S/C21H28O2S/c1-4-6-8-18-12-15-21(16-19(18)9-7-5-2)24(22,23)20-13-10-17(3)11-14-20/h10-16H,4-9H2,1-3H3/i12D. The largest absolute Gasteiger partial charge is 0.219 e. The molecule has 0 N–H and O–H groups in total. The molecule has 2 aromatic carbocycles. The second-order valence-corrected chi connectivity index (χ2v) is 8.31. The van der Waals surface area contributed by atoms with E-state index in [0.717, 1.165) is 55.2 Å². The molecular weight excluding hydrogens is 316 g/mol. The summed E-state index contributed by atoms with van der Waals surface area (Å²) in [6, 6.07) is 10.6. The molecule has 0 bridgehead atoms. The maximum absolute atomic E-state index is 13.0. The van der Waals surface area contributed by atoms with Gasteiger partial charge in [-0.05, 0) is 68.0 Å². The highest BCUT2D eigenvalue weighted by molar-refractivity contribution is 7.91. The monoisotopic (exact) mass is 345 g/mol. The Morgan fingerprint density at radius 3 is 2.04 bits per heavy atom. The lowest BCUT2D eigenvalue weighted by atomic mass is 9.98. The van der Waals surface area contributed by atoms with Crippen molar-refractivity contribution in [2.75, 3.05) is 0 Å². The summed E-state index contributed by atoms with van der Waals surface area (Å²) in [6.45, 7) is 6.19. The van der Waals surface area contributed by atoms with E-state index in [2.05, 4.69) is 13.8 Å². The van der Waals surface area contributed by atoms with Crippen LogP contribution in [0.15, 0.2) is 52.2 Å². The number of aryl methyl sites for hydroxylation is 2. The molecule has 2 aromatic rings. The van der Waals surface area contributed by atoms with Gasteiger partial charge in [0, 0.05) is 0 Å². The molecule has 0 atom stereocenters. The summed E-state index contributed by atoms with van der Waals surface area (Å²) in [5, 5.41) is 0. The van der Waals surface area contributed by atoms with Gasteiger partial charge in [-0.3, -0.25) is 0 Å². The first-order chi connectivity index (χ1) is 11.9. The first-order valence-electron chi connectivity index (χ1n) is 9.34. The van der Waals surface area contributed by atoms with E-state index in [1.165, 1.54) is 6.07 Å². The highest BCUT2D eigenvalue weighted by Crippen LogP contribution is 2.25. The van der Waals surface area contributed by atoms with E-state index in [1.807, 2.05) is 19.1 Å². The summed E-state index contributed by atoms with van der Waals surface area (Å²) in [5.74, 6) is 0. The highest BCUT2D eigenvalue weighted by atomic mass is 32.2. The van der Waals surface area contributed by atoms with E-state index in [-0.39, 0.29) is 4.90 Å². The third kappa shape index (κ3) is 4.47.